The van der Waals surface area contributed by atoms with Crippen molar-refractivity contribution in [2.24, 2.45) is 0 Å². The summed E-state index contributed by atoms with van der Waals surface area (Å²) in [6.07, 6.45) is -3.55. The first kappa shape index (κ1) is 16.0. The van der Waals surface area contributed by atoms with Gasteiger partial charge in [0, 0.05) is 13.2 Å². The molecule has 1 heterocycles. The molecule has 2 rings (SSSR count). The zero-order chi connectivity index (χ0) is 16.3. The maximum Gasteiger partial charge on any atom is 0.433 e. The van der Waals surface area contributed by atoms with Crippen molar-refractivity contribution in [3.63, 3.8) is 0 Å². The van der Waals surface area contributed by atoms with Crippen LogP contribution in [0.5, 0.6) is 0 Å². The van der Waals surface area contributed by atoms with E-state index in [-0.39, 0.29) is 17.5 Å². The van der Waals surface area contributed by atoms with Crippen LogP contribution in [0.4, 0.5) is 13.2 Å². The lowest BCUT2D eigenvalue weighted by Crippen LogP contribution is -2.29. The number of hydrogen-bond acceptors (Lipinski definition) is 2. The monoisotopic (exact) mass is 308 g/mol. The van der Waals surface area contributed by atoms with Gasteiger partial charge in [0.15, 0.2) is 0 Å². The summed E-state index contributed by atoms with van der Waals surface area (Å²) in [6.45, 7) is 1.85. The highest BCUT2D eigenvalue weighted by Crippen LogP contribution is 2.27. The Hall–Kier alpha value is -2.37. The Morgan fingerprint density at radius 3 is 2.27 bits per heavy atom. The van der Waals surface area contributed by atoms with Gasteiger partial charge in [-0.2, -0.15) is 13.2 Å². The van der Waals surface area contributed by atoms with Crippen LogP contribution in [0, 0.1) is 0 Å². The second-order valence-electron chi connectivity index (χ2n) is 4.93. The fraction of sp³-hybridized carbons (Fsp3) is 0.250. The minimum atomic E-state index is -4.51. The molecule has 22 heavy (non-hydrogen) atoms. The van der Waals surface area contributed by atoms with E-state index in [2.05, 4.69) is 4.98 Å². The second-order valence-corrected chi connectivity index (χ2v) is 4.93. The van der Waals surface area contributed by atoms with E-state index in [0.29, 0.717) is 0 Å². The van der Waals surface area contributed by atoms with Crippen molar-refractivity contribution >= 4 is 5.91 Å². The molecule has 0 N–H and O–H groups in total. The van der Waals surface area contributed by atoms with Crippen LogP contribution in [-0.2, 0) is 6.18 Å². The van der Waals surface area contributed by atoms with Gasteiger partial charge >= 0.3 is 6.18 Å². The minimum Gasteiger partial charge on any atom is -0.335 e. The third-order valence-electron chi connectivity index (χ3n) is 3.48. The number of amides is 1. The fourth-order valence-corrected chi connectivity index (χ4v) is 2.02. The number of alkyl halides is 3. The van der Waals surface area contributed by atoms with Crippen molar-refractivity contribution in [2.45, 2.75) is 19.1 Å². The third kappa shape index (κ3) is 3.44. The lowest BCUT2D eigenvalue weighted by Gasteiger charge is -2.25. The molecule has 0 aliphatic rings. The Morgan fingerprint density at radius 1 is 1.14 bits per heavy atom. The molecular formula is C16H15F3N2O. The van der Waals surface area contributed by atoms with Crippen LogP contribution >= 0.6 is 0 Å². The zero-order valence-corrected chi connectivity index (χ0v) is 12.1. The van der Waals surface area contributed by atoms with Crippen LogP contribution < -0.4 is 0 Å². The predicted molar refractivity (Wildman–Crippen MR) is 76.2 cm³/mol. The first-order valence-corrected chi connectivity index (χ1v) is 6.66. The molecule has 1 atom stereocenters. The highest BCUT2D eigenvalue weighted by molar-refractivity contribution is 5.94. The maximum atomic E-state index is 12.5. The fourth-order valence-electron chi connectivity index (χ4n) is 2.02. The van der Waals surface area contributed by atoms with Gasteiger partial charge in [-0.05, 0) is 24.6 Å². The van der Waals surface area contributed by atoms with E-state index in [1.807, 2.05) is 37.3 Å². The van der Waals surface area contributed by atoms with Gasteiger partial charge in [0.1, 0.15) is 5.69 Å². The van der Waals surface area contributed by atoms with Gasteiger partial charge in [-0.25, -0.2) is 0 Å². The van der Waals surface area contributed by atoms with Gasteiger partial charge in [-0.1, -0.05) is 30.3 Å². The van der Waals surface area contributed by atoms with E-state index in [9.17, 15) is 18.0 Å². The van der Waals surface area contributed by atoms with E-state index in [0.717, 1.165) is 23.9 Å². The normalized spacial score (nSPS) is 12.8. The summed E-state index contributed by atoms with van der Waals surface area (Å²) in [5.41, 5.74) is 0.0549. The summed E-state index contributed by atoms with van der Waals surface area (Å²) < 4.78 is 37.4. The van der Waals surface area contributed by atoms with E-state index in [4.69, 9.17) is 0 Å². The number of halogens is 3. The number of benzene rings is 1. The van der Waals surface area contributed by atoms with Crippen LogP contribution in [0.3, 0.4) is 0 Å². The van der Waals surface area contributed by atoms with Crippen LogP contribution in [0.2, 0.25) is 0 Å². The van der Waals surface area contributed by atoms with Gasteiger partial charge in [0.25, 0.3) is 5.91 Å². The Labute approximate surface area is 126 Å². The molecule has 0 saturated carbocycles. The lowest BCUT2D eigenvalue weighted by molar-refractivity contribution is -0.141. The molecule has 0 radical (unpaired) electrons. The van der Waals surface area contributed by atoms with Crippen molar-refractivity contribution in [3.05, 3.63) is 65.5 Å². The van der Waals surface area contributed by atoms with Gasteiger partial charge in [0.05, 0.1) is 11.6 Å². The molecule has 0 spiro atoms. The van der Waals surface area contributed by atoms with E-state index in [1.165, 1.54) is 4.90 Å². The minimum absolute atomic E-state index is 0.123. The lowest BCUT2D eigenvalue weighted by atomic mass is 10.1. The Morgan fingerprint density at radius 2 is 1.77 bits per heavy atom. The summed E-state index contributed by atoms with van der Waals surface area (Å²) in [6, 6.07) is 11.1. The molecule has 1 aromatic heterocycles. The summed E-state index contributed by atoms with van der Waals surface area (Å²) >= 11 is 0. The summed E-state index contributed by atoms with van der Waals surface area (Å²) in [4.78, 5) is 17.1. The van der Waals surface area contributed by atoms with Gasteiger partial charge in [-0.3, -0.25) is 9.78 Å². The first-order chi connectivity index (χ1) is 10.3. The molecule has 116 valence electrons. The highest BCUT2D eigenvalue weighted by Gasteiger charge is 2.32. The zero-order valence-electron chi connectivity index (χ0n) is 12.1. The Bertz CT molecular complexity index is 639. The number of hydrogen-bond donors (Lipinski definition) is 0. The van der Waals surface area contributed by atoms with E-state index >= 15 is 0 Å². The molecule has 1 aromatic carbocycles. The van der Waals surface area contributed by atoms with Gasteiger partial charge in [0.2, 0.25) is 0 Å². The van der Waals surface area contributed by atoms with Crippen LogP contribution in [-0.4, -0.2) is 22.8 Å². The number of nitrogens with zero attached hydrogens (tertiary/aromatic N) is 2. The standard InChI is InChI=1S/C16H15F3N2O/c1-11(12-6-4-3-5-7-12)21(2)15(22)13-8-9-14(20-10-13)16(17,18)19/h3-11H,1-2H3. The quantitative estimate of drug-likeness (QED) is 0.860. The first-order valence-electron chi connectivity index (χ1n) is 6.66. The average molecular weight is 308 g/mol. The number of rotatable bonds is 3. The average Bonchev–Trinajstić information content (AvgIpc) is 2.53. The van der Waals surface area contributed by atoms with Crippen molar-refractivity contribution < 1.29 is 18.0 Å². The van der Waals surface area contributed by atoms with Crippen LogP contribution in [0.25, 0.3) is 0 Å². The van der Waals surface area contributed by atoms with Crippen molar-refractivity contribution in [1.82, 2.24) is 9.88 Å². The number of aromatic nitrogens is 1. The Kier molecular flexibility index (Phi) is 4.49. The molecule has 0 bridgehead atoms. The smallest absolute Gasteiger partial charge is 0.335 e. The van der Waals surface area contributed by atoms with E-state index < -0.39 is 11.9 Å². The molecule has 1 amide bonds. The topological polar surface area (TPSA) is 33.2 Å². The molecular weight excluding hydrogens is 293 g/mol. The number of pyridine rings is 1. The molecule has 0 aliphatic heterocycles. The number of carbonyl (C=O) groups is 1. The SMILES string of the molecule is CC(c1ccccc1)N(C)C(=O)c1ccc(C(F)(F)F)nc1. The second kappa shape index (κ2) is 6.17. The number of carbonyl (C=O) groups excluding carboxylic acids is 1. The molecule has 0 fully saturated rings. The van der Waals surface area contributed by atoms with Crippen molar-refractivity contribution in [2.75, 3.05) is 7.05 Å². The molecule has 6 heteroatoms. The van der Waals surface area contributed by atoms with Crippen LogP contribution in [0.1, 0.15) is 34.6 Å². The highest BCUT2D eigenvalue weighted by atomic mass is 19.4. The van der Waals surface area contributed by atoms with E-state index in [1.54, 1.807) is 7.05 Å². The van der Waals surface area contributed by atoms with Gasteiger partial charge < -0.3 is 4.90 Å². The molecule has 1 unspecified atom stereocenters. The molecule has 3 nitrogen and oxygen atoms in total. The summed E-state index contributed by atoms with van der Waals surface area (Å²) in [7, 11) is 1.61. The largest absolute Gasteiger partial charge is 0.433 e. The maximum absolute atomic E-state index is 12.5. The van der Waals surface area contributed by atoms with Gasteiger partial charge in [-0.15, -0.1) is 0 Å². The van der Waals surface area contributed by atoms with Crippen molar-refractivity contribution in [1.29, 1.82) is 0 Å². The molecule has 0 aliphatic carbocycles. The Balaban J connectivity index is 2.17. The third-order valence-corrected chi connectivity index (χ3v) is 3.48. The summed E-state index contributed by atoms with van der Waals surface area (Å²) in [5.74, 6) is -0.377. The predicted octanol–water partition coefficient (Wildman–Crippen LogP) is 3.93. The molecule has 2 aromatic rings. The molecule has 0 saturated heterocycles. The van der Waals surface area contributed by atoms with Crippen molar-refractivity contribution in [3.8, 4) is 0 Å². The van der Waals surface area contributed by atoms with Crippen LogP contribution in [0.15, 0.2) is 48.7 Å². The summed E-state index contributed by atoms with van der Waals surface area (Å²) in [5, 5.41) is 0.